The Labute approximate surface area is 129 Å². The molecule has 118 valence electrons. The first-order valence-electron chi connectivity index (χ1n) is 7.74. The molecule has 0 unspecified atom stereocenters. The Morgan fingerprint density at radius 3 is 2.95 bits per heavy atom. The molecule has 0 spiro atoms. The van der Waals surface area contributed by atoms with E-state index in [-0.39, 0.29) is 18.4 Å². The Kier molecular flexibility index (Phi) is 4.22. The van der Waals surface area contributed by atoms with Crippen LogP contribution < -0.4 is 5.32 Å². The molecule has 1 N–H and O–H groups in total. The molecule has 1 aliphatic rings. The summed E-state index contributed by atoms with van der Waals surface area (Å²) >= 11 is 0. The summed E-state index contributed by atoms with van der Waals surface area (Å²) in [4.78, 5) is 12.1. The minimum Gasteiger partial charge on any atom is -0.361 e. The second-order valence-corrected chi connectivity index (χ2v) is 5.94. The summed E-state index contributed by atoms with van der Waals surface area (Å²) in [6.07, 6.45) is 6.75. The maximum atomic E-state index is 12.1. The molecule has 0 saturated heterocycles. The van der Waals surface area contributed by atoms with Crippen LogP contribution in [0.25, 0.3) is 0 Å². The smallest absolute Gasteiger partial charge is 0.228 e. The van der Waals surface area contributed by atoms with E-state index in [1.165, 1.54) is 12.8 Å². The largest absolute Gasteiger partial charge is 0.361 e. The fourth-order valence-corrected chi connectivity index (χ4v) is 3.04. The van der Waals surface area contributed by atoms with Crippen LogP contribution in [-0.4, -0.2) is 25.8 Å². The van der Waals surface area contributed by atoms with Crippen LogP contribution in [0.1, 0.15) is 62.0 Å². The standard InChI is InChI=1S/C15H21N5O2/c1-10-7-13(22-19-10)8-14(21)17-11(2)15-18-16-9-20(15)12-5-3-4-6-12/h7,9,11-12H,3-6,8H2,1-2H3,(H,17,21)/t11-/m0/s1. The molecule has 22 heavy (non-hydrogen) atoms. The second kappa shape index (κ2) is 6.29. The van der Waals surface area contributed by atoms with Crippen LogP contribution in [0.3, 0.4) is 0 Å². The van der Waals surface area contributed by atoms with E-state index >= 15 is 0 Å². The van der Waals surface area contributed by atoms with Gasteiger partial charge in [0.2, 0.25) is 5.91 Å². The average Bonchev–Trinajstić information content (AvgIpc) is 3.17. The number of aryl methyl sites for hydroxylation is 1. The van der Waals surface area contributed by atoms with Crippen LogP contribution in [0.2, 0.25) is 0 Å². The monoisotopic (exact) mass is 303 g/mol. The maximum Gasteiger partial charge on any atom is 0.228 e. The van der Waals surface area contributed by atoms with E-state index in [1.54, 1.807) is 12.4 Å². The number of nitrogens with one attached hydrogen (secondary N) is 1. The Balaban J connectivity index is 1.63. The summed E-state index contributed by atoms with van der Waals surface area (Å²) in [5, 5.41) is 14.9. The Morgan fingerprint density at radius 1 is 1.50 bits per heavy atom. The summed E-state index contributed by atoms with van der Waals surface area (Å²) in [6, 6.07) is 2.05. The molecule has 1 atom stereocenters. The molecular weight excluding hydrogens is 282 g/mol. The van der Waals surface area contributed by atoms with Crippen LogP contribution in [-0.2, 0) is 11.2 Å². The number of rotatable bonds is 5. The molecule has 1 fully saturated rings. The molecule has 2 aromatic rings. The maximum absolute atomic E-state index is 12.1. The van der Waals surface area contributed by atoms with Crippen LogP contribution in [0.15, 0.2) is 16.9 Å². The van der Waals surface area contributed by atoms with Gasteiger partial charge in [-0.05, 0) is 26.7 Å². The van der Waals surface area contributed by atoms with E-state index in [9.17, 15) is 4.79 Å². The minimum absolute atomic E-state index is 0.107. The molecule has 0 bridgehead atoms. The molecule has 7 heteroatoms. The van der Waals surface area contributed by atoms with Gasteiger partial charge in [-0.1, -0.05) is 18.0 Å². The lowest BCUT2D eigenvalue weighted by Gasteiger charge is -2.18. The highest BCUT2D eigenvalue weighted by molar-refractivity contribution is 5.78. The van der Waals surface area contributed by atoms with Crippen molar-refractivity contribution < 1.29 is 9.32 Å². The highest BCUT2D eigenvalue weighted by Gasteiger charge is 2.23. The first-order chi connectivity index (χ1) is 10.6. The molecule has 2 heterocycles. The van der Waals surface area contributed by atoms with Gasteiger partial charge in [0.15, 0.2) is 5.82 Å². The van der Waals surface area contributed by atoms with Gasteiger partial charge in [-0.15, -0.1) is 10.2 Å². The number of carbonyl (C=O) groups is 1. The summed E-state index contributed by atoms with van der Waals surface area (Å²) in [6.45, 7) is 3.76. The van der Waals surface area contributed by atoms with Crippen LogP contribution in [0, 0.1) is 6.92 Å². The van der Waals surface area contributed by atoms with Crippen molar-refractivity contribution in [2.24, 2.45) is 0 Å². The molecule has 0 aromatic carbocycles. The third-order valence-electron chi connectivity index (χ3n) is 4.10. The third kappa shape index (κ3) is 3.18. The fraction of sp³-hybridized carbons (Fsp3) is 0.600. The van der Waals surface area contributed by atoms with Gasteiger partial charge < -0.3 is 14.4 Å². The van der Waals surface area contributed by atoms with Crippen LogP contribution in [0.4, 0.5) is 0 Å². The van der Waals surface area contributed by atoms with Crippen molar-refractivity contribution >= 4 is 5.91 Å². The third-order valence-corrected chi connectivity index (χ3v) is 4.10. The zero-order valence-corrected chi connectivity index (χ0v) is 13.0. The Morgan fingerprint density at radius 2 is 2.27 bits per heavy atom. The van der Waals surface area contributed by atoms with Gasteiger partial charge in [0.1, 0.15) is 12.1 Å². The van der Waals surface area contributed by atoms with E-state index in [1.807, 2.05) is 13.8 Å². The van der Waals surface area contributed by atoms with Gasteiger partial charge in [-0.3, -0.25) is 4.79 Å². The van der Waals surface area contributed by atoms with Gasteiger partial charge in [0.05, 0.1) is 18.2 Å². The first kappa shape index (κ1) is 14.7. The fourth-order valence-electron chi connectivity index (χ4n) is 3.04. The molecule has 7 nitrogen and oxygen atoms in total. The number of carbonyl (C=O) groups excluding carboxylic acids is 1. The number of aromatic nitrogens is 4. The zero-order valence-electron chi connectivity index (χ0n) is 13.0. The van der Waals surface area contributed by atoms with Crippen molar-refractivity contribution in [2.45, 2.75) is 58.0 Å². The van der Waals surface area contributed by atoms with Crippen LogP contribution >= 0.6 is 0 Å². The number of hydrogen-bond donors (Lipinski definition) is 1. The predicted octanol–water partition coefficient (Wildman–Crippen LogP) is 2.11. The van der Waals surface area contributed by atoms with E-state index in [2.05, 4.69) is 25.2 Å². The van der Waals surface area contributed by atoms with Gasteiger partial charge in [0.25, 0.3) is 0 Å². The first-order valence-corrected chi connectivity index (χ1v) is 7.74. The van der Waals surface area contributed by atoms with E-state index in [4.69, 9.17) is 4.52 Å². The topological polar surface area (TPSA) is 85.8 Å². The van der Waals surface area contributed by atoms with Crippen molar-refractivity contribution in [1.29, 1.82) is 0 Å². The van der Waals surface area contributed by atoms with Crippen LogP contribution in [0.5, 0.6) is 0 Å². The highest BCUT2D eigenvalue weighted by atomic mass is 16.5. The molecule has 1 saturated carbocycles. The quantitative estimate of drug-likeness (QED) is 0.914. The normalized spacial score (nSPS) is 16.8. The number of nitrogens with zero attached hydrogens (tertiary/aromatic N) is 4. The molecule has 1 amide bonds. The predicted molar refractivity (Wildman–Crippen MR) is 79.0 cm³/mol. The lowest BCUT2D eigenvalue weighted by molar-refractivity contribution is -0.121. The molecule has 0 radical (unpaired) electrons. The average molecular weight is 303 g/mol. The lowest BCUT2D eigenvalue weighted by Crippen LogP contribution is -2.30. The second-order valence-electron chi connectivity index (χ2n) is 5.94. The van der Waals surface area contributed by atoms with E-state index < -0.39 is 0 Å². The van der Waals surface area contributed by atoms with Crippen molar-refractivity contribution in [3.05, 3.63) is 29.7 Å². The molecule has 0 aliphatic heterocycles. The highest BCUT2D eigenvalue weighted by Crippen LogP contribution is 2.31. The Hall–Kier alpha value is -2.18. The van der Waals surface area contributed by atoms with Gasteiger partial charge in [-0.25, -0.2) is 0 Å². The molecular formula is C15H21N5O2. The summed E-state index contributed by atoms with van der Waals surface area (Å²) < 4.78 is 7.18. The molecule has 2 aromatic heterocycles. The Bertz CT molecular complexity index is 642. The van der Waals surface area contributed by atoms with Gasteiger partial charge in [-0.2, -0.15) is 0 Å². The SMILES string of the molecule is Cc1cc(CC(=O)N[C@@H](C)c2nncn2C2CCCC2)on1. The molecule has 3 rings (SSSR count). The molecule has 1 aliphatic carbocycles. The number of hydrogen-bond acceptors (Lipinski definition) is 5. The van der Waals surface area contributed by atoms with Gasteiger partial charge >= 0.3 is 0 Å². The van der Waals surface area contributed by atoms with E-state index in [0.29, 0.717) is 11.8 Å². The van der Waals surface area contributed by atoms with Crippen molar-refractivity contribution in [2.75, 3.05) is 0 Å². The zero-order chi connectivity index (χ0) is 15.5. The minimum atomic E-state index is -0.181. The van der Waals surface area contributed by atoms with Crippen molar-refractivity contribution in [3.8, 4) is 0 Å². The number of amides is 1. The lowest BCUT2D eigenvalue weighted by atomic mass is 10.2. The van der Waals surface area contributed by atoms with Crippen molar-refractivity contribution in [1.82, 2.24) is 25.2 Å². The summed E-state index contributed by atoms with van der Waals surface area (Å²) in [5.74, 6) is 1.28. The van der Waals surface area contributed by atoms with Gasteiger partial charge in [0, 0.05) is 12.1 Å². The van der Waals surface area contributed by atoms with E-state index in [0.717, 1.165) is 24.4 Å². The summed E-state index contributed by atoms with van der Waals surface area (Å²) in [7, 11) is 0. The van der Waals surface area contributed by atoms with Crippen molar-refractivity contribution in [3.63, 3.8) is 0 Å². The summed E-state index contributed by atoms with van der Waals surface area (Å²) in [5.41, 5.74) is 0.775.